The topological polar surface area (TPSA) is 37.2 Å². The smallest absolute Gasteiger partial charge is 0.158 e. The fourth-order valence-electron chi connectivity index (χ4n) is 2.70. The van der Waals surface area contributed by atoms with E-state index in [0.717, 1.165) is 28.1 Å². The van der Waals surface area contributed by atoms with Gasteiger partial charge in [0.2, 0.25) is 0 Å². The highest BCUT2D eigenvalue weighted by Gasteiger charge is 2.27. The maximum absolute atomic E-state index is 6.40. The second-order valence-electron chi connectivity index (χ2n) is 6.18. The lowest BCUT2D eigenvalue weighted by atomic mass is 9.97. The Labute approximate surface area is 157 Å². The van der Waals surface area contributed by atoms with E-state index < -0.39 is 0 Å². The van der Waals surface area contributed by atoms with Gasteiger partial charge in [0.15, 0.2) is 6.10 Å². The van der Waals surface area contributed by atoms with Gasteiger partial charge in [-0.05, 0) is 36.2 Å². The molecular weight excluding hydrogens is 357 g/mol. The zero-order valence-electron chi connectivity index (χ0n) is 14.3. The Morgan fingerprint density at radius 2 is 1.96 bits per heavy atom. The minimum atomic E-state index is -0.171. The fourth-order valence-corrected chi connectivity index (χ4v) is 3.17. The molecular formula is C19H19Cl2N3O. The van der Waals surface area contributed by atoms with E-state index in [9.17, 15) is 0 Å². The van der Waals surface area contributed by atoms with Crippen molar-refractivity contribution in [2.75, 3.05) is 14.1 Å². The van der Waals surface area contributed by atoms with Crippen LogP contribution in [-0.4, -0.2) is 31.0 Å². The standard InChI is InChI=1S/C19H19Cl2N3O/c1-12-8-18(22-11-24(2)3)16(21)9-14(12)19-10-17(23-25-19)13-6-4-5-7-15(13)20/h4-9,11,19H,10H2,1-3H3. The Morgan fingerprint density at radius 3 is 2.68 bits per heavy atom. The van der Waals surface area contributed by atoms with E-state index in [2.05, 4.69) is 10.1 Å². The molecule has 0 radical (unpaired) electrons. The molecule has 0 aromatic heterocycles. The maximum Gasteiger partial charge on any atom is 0.158 e. The number of rotatable bonds is 4. The number of hydrogen-bond donors (Lipinski definition) is 0. The van der Waals surface area contributed by atoms with Crippen LogP contribution in [-0.2, 0) is 4.84 Å². The van der Waals surface area contributed by atoms with Gasteiger partial charge in [-0.2, -0.15) is 0 Å². The van der Waals surface area contributed by atoms with Crippen molar-refractivity contribution >= 4 is 40.9 Å². The van der Waals surface area contributed by atoms with Crippen LogP contribution in [0.1, 0.15) is 29.2 Å². The van der Waals surface area contributed by atoms with Crippen molar-refractivity contribution in [2.45, 2.75) is 19.4 Å². The number of oxime groups is 1. The number of benzene rings is 2. The number of aliphatic imine (C=N–C) groups is 1. The summed E-state index contributed by atoms with van der Waals surface area (Å²) in [7, 11) is 3.83. The summed E-state index contributed by atoms with van der Waals surface area (Å²) >= 11 is 12.7. The van der Waals surface area contributed by atoms with Gasteiger partial charge in [0.05, 0.1) is 22.8 Å². The van der Waals surface area contributed by atoms with E-state index in [-0.39, 0.29) is 6.10 Å². The molecule has 0 aliphatic carbocycles. The first-order valence-electron chi connectivity index (χ1n) is 7.94. The third kappa shape index (κ3) is 3.97. The molecule has 2 aromatic rings. The van der Waals surface area contributed by atoms with Gasteiger partial charge in [-0.15, -0.1) is 0 Å². The van der Waals surface area contributed by atoms with Crippen molar-refractivity contribution < 1.29 is 4.84 Å². The van der Waals surface area contributed by atoms with Gasteiger partial charge >= 0.3 is 0 Å². The monoisotopic (exact) mass is 375 g/mol. The SMILES string of the molecule is Cc1cc(N=CN(C)C)c(Cl)cc1C1CC(c2ccccc2Cl)=NO1. The van der Waals surface area contributed by atoms with Crippen LogP contribution >= 0.6 is 23.2 Å². The molecule has 1 atom stereocenters. The van der Waals surface area contributed by atoms with E-state index in [4.69, 9.17) is 28.0 Å². The Hall–Kier alpha value is -2.04. The van der Waals surface area contributed by atoms with Crippen LogP contribution in [0.4, 0.5) is 5.69 Å². The normalized spacial score (nSPS) is 16.8. The van der Waals surface area contributed by atoms with Crippen LogP contribution in [0.3, 0.4) is 0 Å². The van der Waals surface area contributed by atoms with Crippen molar-refractivity contribution in [3.8, 4) is 0 Å². The zero-order chi connectivity index (χ0) is 18.0. The number of hydrogen-bond acceptors (Lipinski definition) is 3. The third-order valence-electron chi connectivity index (χ3n) is 3.96. The van der Waals surface area contributed by atoms with Crippen LogP contribution in [0.25, 0.3) is 0 Å². The molecule has 0 N–H and O–H groups in total. The Kier molecular flexibility index (Phi) is 5.30. The lowest BCUT2D eigenvalue weighted by molar-refractivity contribution is 0.0853. The summed E-state index contributed by atoms with van der Waals surface area (Å²) in [5.74, 6) is 0. The number of aryl methyl sites for hydroxylation is 1. The predicted molar refractivity (Wildman–Crippen MR) is 104 cm³/mol. The highest BCUT2D eigenvalue weighted by atomic mass is 35.5. The molecule has 0 amide bonds. The first kappa shape index (κ1) is 17.8. The van der Waals surface area contributed by atoms with Crippen molar-refractivity contribution in [1.29, 1.82) is 0 Å². The first-order chi connectivity index (χ1) is 12.0. The van der Waals surface area contributed by atoms with Gasteiger partial charge < -0.3 is 9.74 Å². The third-order valence-corrected chi connectivity index (χ3v) is 4.60. The molecule has 2 aromatic carbocycles. The summed E-state index contributed by atoms with van der Waals surface area (Å²) in [6.45, 7) is 2.02. The molecule has 6 heteroatoms. The van der Waals surface area contributed by atoms with E-state index >= 15 is 0 Å². The Morgan fingerprint density at radius 1 is 1.20 bits per heavy atom. The summed E-state index contributed by atoms with van der Waals surface area (Å²) < 4.78 is 0. The van der Waals surface area contributed by atoms with Crippen LogP contribution in [0.5, 0.6) is 0 Å². The number of halogens is 2. The lowest BCUT2D eigenvalue weighted by Crippen LogP contribution is -2.07. The van der Waals surface area contributed by atoms with E-state index in [1.807, 2.05) is 62.3 Å². The summed E-state index contributed by atoms with van der Waals surface area (Å²) in [6.07, 6.45) is 2.21. The summed E-state index contributed by atoms with van der Waals surface area (Å²) in [5.41, 5.74) is 4.57. The minimum absolute atomic E-state index is 0.171. The molecule has 130 valence electrons. The predicted octanol–water partition coefficient (Wildman–Crippen LogP) is 5.39. The lowest BCUT2D eigenvalue weighted by Gasteiger charge is -2.14. The molecule has 0 saturated heterocycles. The van der Waals surface area contributed by atoms with Gasteiger partial charge in [-0.1, -0.05) is 46.6 Å². The first-order valence-corrected chi connectivity index (χ1v) is 8.69. The second kappa shape index (κ2) is 7.46. The van der Waals surface area contributed by atoms with E-state index in [1.54, 1.807) is 6.34 Å². The molecule has 0 spiro atoms. The van der Waals surface area contributed by atoms with Crippen LogP contribution in [0.2, 0.25) is 10.0 Å². The number of nitrogens with zero attached hydrogens (tertiary/aromatic N) is 3. The molecule has 1 heterocycles. The van der Waals surface area contributed by atoms with Crippen LogP contribution in [0, 0.1) is 6.92 Å². The van der Waals surface area contributed by atoms with Crippen molar-refractivity contribution in [1.82, 2.24) is 4.90 Å². The van der Waals surface area contributed by atoms with Gasteiger partial charge in [-0.3, -0.25) is 0 Å². The van der Waals surface area contributed by atoms with Gasteiger partial charge in [0, 0.05) is 31.1 Å². The molecule has 25 heavy (non-hydrogen) atoms. The zero-order valence-corrected chi connectivity index (χ0v) is 15.8. The molecule has 0 saturated carbocycles. The average molecular weight is 376 g/mol. The summed E-state index contributed by atoms with van der Waals surface area (Å²) in [6, 6.07) is 11.5. The molecule has 1 unspecified atom stereocenters. The van der Waals surface area contributed by atoms with Gasteiger partial charge in [0.1, 0.15) is 0 Å². The largest absolute Gasteiger partial charge is 0.387 e. The highest BCUT2D eigenvalue weighted by Crippen LogP contribution is 2.37. The molecule has 1 aliphatic rings. The van der Waals surface area contributed by atoms with Crippen LogP contribution < -0.4 is 0 Å². The van der Waals surface area contributed by atoms with Crippen molar-refractivity contribution in [3.05, 3.63) is 63.1 Å². The Balaban J connectivity index is 1.82. The van der Waals surface area contributed by atoms with Crippen molar-refractivity contribution in [3.63, 3.8) is 0 Å². The van der Waals surface area contributed by atoms with E-state index in [0.29, 0.717) is 16.5 Å². The minimum Gasteiger partial charge on any atom is -0.387 e. The summed E-state index contributed by atoms with van der Waals surface area (Å²) in [4.78, 5) is 11.9. The summed E-state index contributed by atoms with van der Waals surface area (Å²) in [5, 5.41) is 5.50. The second-order valence-corrected chi connectivity index (χ2v) is 7.00. The van der Waals surface area contributed by atoms with E-state index in [1.165, 1.54) is 0 Å². The molecule has 0 fully saturated rings. The van der Waals surface area contributed by atoms with Gasteiger partial charge in [-0.25, -0.2) is 4.99 Å². The molecule has 1 aliphatic heterocycles. The highest BCUT2D eigenvalue weighted by molar-refractivity contribution is 6.34. The molecule has 3 rings (SSSR count). The van der Waals surface area contributed by atoms with Crippen molar-refractivity contribution in [2.24, 2.45) is 10.1 Å². The molecule has 0 bridgehead atoms. The van der Waals surface area contributed by atoms with Crippen LogP contribution in [0.15, 0.2) is 46.5 Å². The Bertz CT molecular complexity index is 847. The average Bonchev–Trinajstić information content (AvgIpc) is 3.05. The molecule has 4 nitrogen and oxygen atoms in total. The maximum atomic E-state index is 6.40. The fraction of sp³-hybridized carbons (Fsp3) is 0.263. The quantitative estimate of drug-likeness (QED) is 0.530. The van der Waals surface area contributed by atoms with Gasteiger partial charge in [0.25, 0.3) is 0 Å².